The molecule has 3 rings (SSSR count). The Labute approximate surface area is 165 Å². The van der Waals surface area contributed by atoms with Crippen LogP contribution in [0.4, 0.5) is 0 Å². The zero-order valence-corrected chi connectivity index (χ0v) is 15.8. The van der Waals surface area contributed by atoms with Gasteiger partial charge in [0.05, 0.1) is 6.04 Å². The van der Waals surface area contributed by atoms with Gasteiger partial charge in [-0.05, 0) is 47.2 Å². The van der Waals surface area contributed by atoms with Gasteiger partial charge in [0.25, 0.3) is 0 Å². The average Bonchev–Trinajstić information content (AvgIpc) is 2.70. The summed E-state index contributed by atoms with van der Waals surface area (Å²) in [6.45, 7) is 0.557. The molecule has 4 heteroatoms. The van der Waals surface area contributed by atoms with Gasteiger partial charge in [0.2, 0.25) is 5.91 Å². The average molecular weight is 379 g/mol. The molecular weight excluding hydrogens is 356 g/mol. The zero-order valence-electron chi connectivity index (χ0n) is 15.1. The molecular formula is C23H23ClN2O. The SMILES string of the molecule is N[C@@H](Cc1ccc(-c2ccccc2)cc1)C(=O)NCCc1ccc(Cl)cc1. The number of benzene rings is 3. The van der Waals surface area contributed by atoms with E-state index in [1.165, 1.54) is 5.56 Å². The van der Waals surface area contributed by atoms with E-state index in [2.05, 4.69) is 29.6 Å². The molecule has 27 heavy (non-hydrogen) atoms. The summed E-state index contributed by atoms with van der Waals surface area (Å²) >= 11 is 5.87. The third-order valence-electron chi connectivity index (χ3n) is 4.48. The van der Waals surface area contributed by atoms with Crippen LogP contribution in [0.25, 0.3) is 11.1 Å². The molecule has 0 saturated carbocycles. The topological polar surface area (TPSA) is 55.1 Å². The minimum Gasteiger partial charge on any atom is -0.354 e. The molecule has 0 bridgehead atoms. The second-order valence-corrected chi connectivity index (χ2v) is 6.98. The van der Waals surface area contributed by atoms with Gasteiger partial charge in [-0.25, -0.2) is 0 Å². The van der Waals surface area contributed by atoms with Crippen molar-refractivity contribution in [1.29, 1.82) is 0 Å². The van der Waals surface area contributed by atoms with Gasteiger partial charge in [0.15, 0.2) is 0 Å². The molecule has 138 valence electrons. The molecule has 3 aromatic carbocycles. The fourth-order valence-corrected chi connectivity index (χ4v) is 3.05. The van der Waals surface area contributed by atoms with Crippen LogP contribution in [0.1, 0.15) is 11.1 Å². The predicted molar refractivity (Wildman–Crippen MR) is 112 cm³/mol. The largest absolute Gasteiger partial charge is 0.354 e. The Balaban J connectivity index is 1.48. The van der Waals surface area contributed by atoms with Gasteiger partial charge >= 0.3 is 0 Å². The van der Waals surface area contributed by atoms with E-state index in [0.29, 0.717) is 18.0 Å². The molecule has 3 N–H and O–H groups in total. The zero-order chi connectivity index (χ0) is 19.1. The number of carbonyl (C=O) groups excluding carboxylic acids is 1. The van der Waals surface area contributed by atoms with Crippen LogP contribution < -0.4 is 11.1 Å². The summed E-state index contributed by atoms with van der Waals surface area (Å²) in [5.41, 5.74) is 10.6. The number of rotatable bonds is 7. The van der Waals surface area contributed by atoms with Gasteiger partial charge in [0.1, 0.15) is 0 Å². The van der Waals surface area contributed by atoms with Crippen LogP contribution in [-0.4, -0.2) is 18.5 Å². The summed E-state index contributed by atoms with van der Waals surface area (Å²) < 4.78 is 0. The Hall–Kier alpha value is -2.62. The molecule has 0 spiro atoms. The summed E-state index contributed by atoms with van der Waals surface area (Å²) in [5.74, 6) is -0.129. The molecule has 0 fully saturated rings. The summed E-state index contributed by atoms with van der Waals surface area (Å²) in [7, 11) is 0. The first-order chi connectivity index (χ1) is 13.1. The lowest BCUT2D eigenvalue weighted by molar-refractivity contribution is -0.122. The molecule has 0 saturated heterocycles. The Morgan fingerprint density at radius 2 is 1.44 bits per heavy atom. The second-order valence-electron chi connectivity index (χ2n) is 6.54. The summed E-state index contributed by atoms with van der Waals surface area (Å²) in [6.07, 6.45) is 1.27. The minimum atomic E-state index is -0.558. The number of nitrogens with two attached hydrogens (primary N) is 1. The molecule has 0 aliphatic rings. The molecule has 0 heterocycles. The van der Waals surface area contributed by atoms with Gasteiger partial charge in [-0.2, -0.15) is 0 Å². The minimum absolute atomic E-state index is 0.129. The lowest BCUT2D eigenvalue weighted by atomic mass is 10.0. The Morgan fingerprint density at radius 1 is 0.852 bits per heavy atom. The van der Waals surface area contributed by atoms with E-state index in [1.54, 1.807) is 0 Å². The predicted octanol–water partition coefficient (Wildman–Crippen LogP) is 4.24. The van der Waals surface area contributed by atoms with Crippen LogP contribution in [0, 0.1) is 0 Å². The van der Waals surface area contributed by atoms with Crippen LogP contribution in [-0.2, 0) is 17.6 Å². The van der Waals surface area contributed by atoms with Crippen LogP contribution >= 0.6 is 11.6 Å². The molecule has 3 nitrogen and oxygen atoms in total. The smallest absolute Gasteiger partial charge is 0.237 e. The highest BCUT2D eigenvalue weighted by atomic mass is 35.5. The van der Waals surface area contributed by atoms with Crippen molar-refractivity contribution in [2.24, 2.45) is 5.73 Å². The lowest BCUT2D eigenvalue weighted by Crippen LogP contribution is -2.42. The summed E-state index contributed by atoms with van der Waals surface area (Å²) in [5, 5.41) is 3.62. The number of hydrogen-bond acceptors (Lipinski definition) is 2. The van der Waals surface area contributed by atoms with Gasteiger partial charge in [-0.1, -0.05) is 78.3 Å². The van der Waals surface area contributed by atoms with E-state index in [0.717, 1.165) is 23.1 Å². The molecule has 1 amide bonds. The molecule has 0 aromatic heterocycles. The summed E-state index contributed by atoms with van der Waals surface area (Å²) in [4.78, 5) is 12.2. The monoisotopic (exact) mass is 378 g/mol. The van der Waals surface area contributed by atoms with Gasteiger partial charge < -0.3 is 11.1 Å². The van der Waals surface area contributed by atoms with Gasteiger partial charge in [-0.15, -0.1) is 0 Å². The Bertz CT molecular complexity index is 861. The molecule has 0 unspecified atom stereocenters. The molecule has 3 aromatic rings. The van der Waals surface area contributed by atoms with Crippen molar-refractivity contribution in [3.8, 4) is 11.1 Å². The van der Waals surface area contributed by atoms with Crippen LogP contribution in [0.15, 0.2) is 78.9 Å². The van der Waals surface area contributed by atoms with Gasteiger partial charge in [0, 0.05) is 11.6 Å². The third-order valence-corrected chi connectivity index (χ3v) is 4.73. The van der Waals surface area contributed by atoms with Gasteiger partial charge in [-0.3, -0.25) is 4.79 Å². The van der Waals surface area contributed by atoms with E-state index < -0.39 is 6.04 Å². The Morgan fingerprint density at radius 3 is 2.11 bits per heavy atom. The maximum atomic E-state index is 12.2. The first-order valence-electron chi connectivity index (χ1n) is 9.04. The molecule has 1 atom stereocenters. The highest BCUT2D eigenvalue weighted by molar-refractivity contribution is 6.30. The quantitative estimate of drug-likeness (QED) is 0.646. The number of hydrogen-bond donors (Lipinski definition) is 2. The fraction of sp³-hybridized carbons (Fsp3) is 0.174. The summed E-state index contributed by atoms with van der Waals surface area (Å²) in [6, 6.07) is 25.5. The van der Waals surface area contributed by atoms with Crippen molar-refractivity contribution in [1.82, 2.24) is 5.32 Å². The molecule has 0 radical (unpaired) electrons. The highest BCUT2D eigenvalue weighted by Crippen LogP contribution is 2.19. The van der Waals surface area contributed by atoms with E-state index >= 15 is 0 Å². The number of halogens is 1. The molecule has 0 aliphatic heterocycles. The van der Waals surface area contributed by atoms with Crippen LogP contribution in [0.5, 0.6) is 0 Å². The highest BCUT2D eigenvalue weighted by Gasteiger charge is 2.13. The van der Waals surface area contributed by atoms with Crippen molar-refractivity contribution in [3.05, 3.63) is 95.0 Å². The number of nitrogens with one attached hydrogen (secondary N) is 1. The number of carbonyl (C=O) groups is 1. The maximum Gasteiger partial charge on any atom is 0.237 e. The maximum absolute atomic E-state index is 12.2. The lowest BCUT2D eigenvalue weighted by Gasteiger charge is -2.13. The van der Waals surface area contributed by atoms with Crippen LogP contribution in [0.3, 0.4) is 0 Å². The van der Waals surface area contributed by atoms with Crippen LogP contribution in [0.2, 0.25) is 5.02 Å². The third kappa shape index (κ3) is 5.68. The first kappa shape index (κ1) is 19.2. The van der Waals surface area contributed by atoms with Crippen molar-refractivity contribution in [3.63, 3.8) is 0 Å². The van der Waals surface area contributed by atoms with E-state index in [4.69, 9.17) is 17.3 Å². The van der Waals surface area contributed by atoms with Crippen molar-refractivity contribution in [2.75, 3.05) is 6.54 Å². The Kier molecular flexibility index (Phi) is 6.64. The first-order valence-corrected chi connectivity index (χ1v) is 9.42. The second kappa shape index (κ2) is 9.36. The standard InChI is InChI=1S/C23H23ClN2O/c24-21-12-8-17(9-13-21)14-15-26-23(27)22(25)16-18-6-10-20(11-7-18)19-4-2-1-3-5-19/h1-13,22H,14-16,25H2,(H,26,27)/t22-/m0/s1. The van der Waals surface area contributed by atoms with E-state index in [9.17, 15) is 4.79 Å². The molecule has 0 aliphatic carbocycles. The van der Waals surface area contributed by atoms with Crippen molar-refractivity contribution >= 4 is 17.5 Å². The van der Waals surface area contributed by atoms with E-state index in [-0.39, 0.29) is 5.91 Å². The fourth-order valence-electron chi connectivity index (χ4n) is 2.92. The number of amides is 1. The van der Waals surface area contributed by atoms with E-state index in [1.807, 2.05) is 54.6 Å². The van der Waals surface area contributed by atoms with Crippen molar-refractivity contribution < 1.29 is 4.79 Å². The van der Waals surface area contributed by atoms with Crippen molar-refractivity contribution in [2.45, 2.75) is 18.9 Å². The normalized spacial score (nSPS) is 11.8.